The Bertz CT molecular complexity index is 576. The Hall–Kier alpha value is -1.61. The second-order valence-corrected chi connectivity index (χ2v) is 5.75. The maximum atomic E-state index is 4.22. The molecule has 0 aliphatic carbocycles. The van der Waals surface area contributed by atoms with E-state index in [1.165, 1.54) is 22.9 Å². The van der Waals surface area contributed by atoms with Crippen LogP contribution in [0.3, 0.4) is 0 Å². The van der Waals surface area contributed by atoms with Gasteiger partial charge in [0.25, 0.3) is 0 Å². The lowest BCUT2D eigenvalue weighted by atomic mass is 9.93. The molecule has 0 radical (unpaired) electrons. The number of pyridine rings is 1. The SMILES string of the molecule is CCNC1CCN(c2cccc3cnccc23)CC1C. The van der Waals surface area contributed by atoms with Crippen molar-refractivity contribution in [2.24, 2.45) is 5.92 Å². The highest BCUT2D eigenvalue weighted by atomic mass is 15.2. The van der Waals surface area contributed by atoms with Crippen molar-refractivity contribution < 1.29 is 0 Å². The van der Waals surface area contributed by atoms with Crippen LogP contribution in [0.5, 0.6) is 0 Å². The zero-order valence-electron chi connectivity index (χ0n) is 12.3. The molecular formula is C17H23N3. The van der Waals surface area contributed by atoms with E-state index in [-0.39, 0.29) is 0 Å². The number of hydrogen-bond acceptors (Lipinski definition) is 3. The van der Waals surface area contributed by atoms with E-state index < -0.39 is 0 Å². The molecule has 0 amide bonds. The molecule has 1 aliphatic rings. The number of fused-ring (bicyclic) bond motifs is 1. The number of nitrogens with zero attached hydrogens (tertiary/aromatic N) is 2. The van der Waals surface area contributed by atoms with Crippen molar-refractivity contribution in [3.63, 3.8) is 0 Å². The molecule has 20 heavy (non-hydrogen) atoms. The standard InChI is InChI=1S/C17H23N3/c1-3-19-16-8-10-20(12-13(16)2)17-6-4-5-14-11-18-9-7-15(14)17/h4-7,9,11,13,16,19H,3,8,10,12H2,1-2H3. The van der Waals surface area contributed by atoms with Gasteiger partial charge in [0.15, 0.2) is 0 Å². The normalized spacial score (nSPS) is 23.2. The maximum absolute atomic E-state index is 4.22. The molecule has 1 aromatic heterocycles. The highest BCUT2D eigenvalue weighted by Crippen LogP contribution is 2.29. The van der Waals surface area contributed by atoms with Crippen molar-refractivity contribution in [1.29, 1.82) is 0 Å². The fourth-order valence-corrected chi connectivity index (χ4v) is 3.31. The summed E-state index contributed by atoms with van der Waals surface area (Å²) in [4.78, 5) is 6.75. The smallest absolute Gasteiger partial charge is 0.0447 e. The predicted molar refractivity (Wildman–Crippen MR) is 85.2 cm³/mol. The number of anilines is 1. The lowest BCUT2D eigenvalue weighted by molar-refractivity contribution is 0.327. The molecule has 2 aromatic rings. The van der Waals surface area contributed by atoms with Crippen molar-refractivity contribution in [3.8, 4) is 0 Å². The largest absolute Gasteiger partial charge is 0.371 e. The van der Waals surface area contributed by atoms with Crippen molar-refractivity contribution in [2.75, 3.05) is 24.5 Å². The van der Waals surface area contributed by atoms with Gasteiger partial charge in [-0.05, 0) is 31.0 Å². The average molecular weight is 269 g/mol. The van der Waals surface area contributed by atoms with Gasteiger partial charge in [-0.3, -0.25) is 4.98 Å². The molecule has 0 spiro atoms. The zero-order chi connectivity index (χ0) is 13.9. The van der Waals surface area contributed by atoms with E-state index in [0.717, 1.165) is 19.6 Å². The Morgan fingerprint density at radius 1 is 1.35 bits per heavy atom. The van der Waals surface area contributed by atoms with Crippen LogP contribution in [-0.2, 0) is 0 Å². The molecule has 2 unspecified atom stereocenters. The minimum absolute atomic E-state index is 0.660. The summed E-state index contributed by atoms with van der Waals surface area (Å²) in [6.45, 7) is 7.86. The third-order valence-corrected chi connectivity index (χ3v) is 4.37. The fourth-order valence-electron chi connectivity index (χ4n) is 3.31. The topological polar surface area (TPSA) is 28.2 Å². The van der Waals surface area contributed by atoms with Crippen LogP contribution in [0.2, 0.25) is 0 Å². The van der Waals surface area contributed by atoms with E-state index in [2.05, 4.69) is 53.3 Å². The van der Waals surface area contributed by atoms with Crippen molar-refractivity contribution in [1.82, 2.24) is 10.3 Å². The van der Waals surface area contributed by atoms with Gasteiger partial charge in [-0.15, -0.1) is 0 Å². The molecule has 106 valence electrons. The molecule has 2 heterocycles. The van der Waals surface area contributed by atoms with Crippen molar-refractivity contribution >= 4 is 16.5 Å². The Morgan fingerprint density at radius 3 is 3.05 bits per heavy atom. The first kappa shape index (κ1) is 13.4. The molecule has 1 aromatic carbocycles. The number of hydrogen-bond donors (Lipinski definition) is 1. The van der Waals surface area contributed by atoms with Crippen LogP contribution in [0.4, 0.5) is 5.69 Å². The minimum Gasteiger partial charge on any atom is -0.371 e. The summed E-state index contributed by atoms with van der Waals surface area (Å²) in [7, 11) is 0. The van der Waals surface area contributed by atoms with E-state index >= 15 is 0 Å². The van der Waals surface area contributed by atoms with Gasteiger partial charge in [0.1, 0.15) is 0 Å². The highest BCUT2D eigenvalue weighted by Gasteiger charge is 2.25. The number of nitrogens with one attached hydrogen (secondary N) is 1. The lowest BCUT2D eigenvalue weighted by Crippen LogP contribution is -2.48. The van der Waals surface area contributed by atoms with Gasteiger partial charge in [-0.2, -0.15) is 0 Å². The Labute approximate surface area is 121 Å². The number of rotatable bonds is 3. The molecule has 0 saturated carbocycles. The molecule has 1 aliphatic heterocycles. The summed E-state index contributed by atoms with van der Waals surface area (Å²) < 4.78 is 0. The van der Waals surface area contributed by atoms with Crippen LogP contribution in [0.15, 0.2) is 36.7 Å². The molecule has 3 heteroatoms. The van der Waals surface area contributed by atoms with Gasteiger partial charge in [0, 0.05) is 48.0 Å². The van der Waals surface area contributed by atoms with E-state index in [0.29, 0.717) is 12.0 Å². The van der Waals surface area contributed by atoms with E-state index in [1.54, 1.807) is 0 Å². The molecule has 3 nitrogen and oxygen atoms in total. The Kier molecular flexibility index (Phi) is 3.88. The van der Waals surface area contributed by atoms with Gasteiger partial charge >= 0.3 is 0 Å². The van der Waals surface area contributed by atoms with Gasteiger partial charge < -0.3 is 10.2 Å². The Balaban J connectivity index is 1.86. The summed E-state index contributed by atoms with van der Waals surface area (Å²) in [6.07, 6.45) is 5.06. The molecular weight excluding hydrogens is 246 g/mol. The van der Waals surface area contributed by atoms with Crippen molar-refractivity contribution in [3.05, 3.63) is 36.7 Å². The Morgan fingerprint density at radius 2 is 2.25 bits per heavy atom. The predicted octanol–water partition coefficient (Wildman–Crippen LogP) is 3.06. The number of benzene rings is 1. The van der Waals surface area contributed by atoms with Gasteiger partial charge in [0.2, 0.25) is 0 Å². The molecule has 3 rings (SSSR count). The van der Waals surface area contributed by atoms with Crippen LogP contribution >= 0.6 is 0 Å². The summed E-state index contributed by atoms with van der Waals surface area (Å²) in [6, 6.07) is 9.31. The van der Waals surface area contributed by atoms with Crippen LogP contribution in [-0.4, -0.2) is 30.7 Å². The monoisotopic (exact) mass is 269 g/mol. The fraction of sp³-hybridized carbons (Fsp3) is 0.471. The third-order valence-electron chi connectivity index (χ3n) is 4.37. The van der Waals surface area contributed by atoms with Crippen LogP contribution in [0.25, 0.3) is 10.8 Å². The summed E-state index contributed by atoms with van der Waals surface area (Å²) >= 11 is 0. The first-order chi connectivity index (χ1) is 9.79. The minimum atomic E-state index is 0.660. The second kappa shape index (κ2) is 5.80. The van der Waals surface area contributed by atoms with Gasteiger partial charge in [-0.25, -0.2) is 0 Å². The lowest BCUT2D eigenvalue weighted by Gasteiger charge is -2.39. The maximum Gasteiger partial charge on any atom is 0.0447 e. The summed E-state index contributed by atoms with van der Waals surface area (Å²) in [5.41, 5.74) is 1.35. The molecule has 2 atom stereocenters. The van der Waals surface area contributed by atoms with E-state index in [4.69, 9.17) is 0 Å². The second-order valence-electron chi connectivity index (χ2n) is 5.75. The van der Waals surface area contributed by atoms with E-state index in [9.17, 15) is 0 Å². The summed E-state index contributed by atoms with van der Waals surface area (Å²) in [5.74, 6) is 0.681. The van der Waals surface area contributed by atoms with Gasteiger partial charge in [0.05, 0.1) is 0 Å². The van der Waals surface area contributed by atoms with Crippen LogP contribution in [0.1, 0.15) is 20.3 Å². The first-order valence-corrected chi connectivity index (χ1v) is 7.60. The quantitative estimate of drug-likeness (QED) is 0.928. The number of piperidine rings is 1. The molecule has 1 fully saturated rings. The van der Waals surface area contributed by atoms with Crippen molar-refractivity contribution in [2.45, 2.75) is 26.3 Å². The number of aromatic nitrogens is 1. The average Bonchev–Trinajstić information content (AvgIpc) is 2.49. The molecule has 0 bridgehead atoms. The van der Waals surface area contributed by atoms with Gasteiger partial charge in [-0.1, -0.05) is 26.0 Å². The summed E-state index contributed by atoms with van der Waals surface area (Å²) in [5, 5.41) is 6.15. The zero-order valence-corrected chi connectivity index (χ0v) is 12.3. The molecule has 1 N–H and O–H groups in total. The van der Waals surface area contributed by atoms with Crippen LogP contribution < -0.4 is 10.2 Å². The highest BCUT2D eigenvalue weighted by molar-refractivity contribution is 5.93. The third kappa shape index (κ3) is 2.50. The molecule has 1 saturated heterocycles. The van der Waals surface area contributed by atoms with Crippen LogP contribution in [0, 0.1) is 5.92 Å². The van der Waals surface area contributed by atoms with E-state index in [1.807, 2.05) is 12.4 Å². The first-order valence-electron chi connectivity index (χ1n) is 7.60.